The summed E-state index contributed by atoms with van der Waals surface area (Å²) < 4.78 is 12.1. The second kappa shape index (κ2) is 6.00. The van der Waals surface area contributed by atoms with Gasteiger partial charge < -0.3 is 15.2 Å². The van der Waals surface area contributed by atoms with Gasteiger partial charge in [-0.05, 0) is 26.0 Å². The maximum Gasteiger partial charge on any atom is 0.135 e. The van der Waals surface area contributed by atoms with E-state index in [4.69, 9.17) is 15.2 Å². The van der Waals surface area contributed by atoms with E-state index in [-0.39, 0.29) is 18.3 Å². The molecule has 0 saturated carbocycles. The highest BCUT2D eigenvalue weighted by Crippen LogP contribution is 2.32. The molecule has 21 heavy (non-hydrogen) atoms. The number of fused-ring (bicyclic) bond motifs is 1. The fourth-order valence-electron chi connectivity index (χ4n) is 3.05. The number of rotatable bonds is 3. The van der Waals surface area contributed by atoms with E-state index in [9.17, 15) is 0 Å². The first-order valence-electron chi connectivity index (χ1n) is 7.56. The van der Waals surface area contributed by atoms with Gasteiger partial charge in [0.1, 0.15) is 11.9 Å². The maximum atomic E-state index is 6.33. The number of nitrogens with two attached hydrogens (primary N) is 1. The average molecular weight is 286 g/mol. The Morgan fingerprint density at radius 2 is 1.95 bits per heavy atom. The number of nitrogens with zero attached hydrogens (tertiary/aromatic N) is 1. The number of hydrogen-bond donors (Lipinski definition) is 1. The van der Waals surface area contributed by atoms with Crippen LogP contribution in [0.5, 0.6) is 5.75 Å². The Hall–Kier alpha value is -1.65. The second-order valence-corrected chi connectivity index (χ2v) is 5.80. The van der Waals surface area contributed by atoms with E-state index in [1.54, 1.807) is 0 Å². The first-order chi connectivity index (χ1) is 10.2. The van der Waals surface area contributed by atoms with Crippen LogP contribution in [0.4, 0.5) is 0 Å². The van der Waals surface area contributed by atoms with Crippen molar-refractivity contribution >= 4 is 10.9 Å². The van der Waals surface area contributed by atoms with Crippen LogP contribution in [0, 0.1) is 0 Å². The monoisotopic (exact) mass is 286 g/mol. The lowest BCUT2D eigenvalue weighted by molar-refractivity contribution is -0.0720. The molecular formula is C17H22N2O2. The van der Waals surface area contributed by atoms with Crippen LogP contribution in [0.1, 0.15) is 32.3 Å². The summed E-state index contributed by atoms with van der Waals surface area (Å²) in [6.07, 6.45) is 4.26. The number of ether oxygens (including phenoxy) is 2. The molecule has 4 nitrogen and oxygen atoms in total. The quantitative estimate of drug-likeness (QED) is 0.942. The van der Waals surface area contributed by atoms with Crippen molar-refractivity contribution in [1.82, 2.24) is 4.98 Å². The molecule has 1 aliphatic heterocycles. The lowest BCUT2D eigenvalue weighted by Crippen LogP contribution is -2.36. The van der Waals surface area contributed by atoms with Crippen molar-refractivity contribution in [2.24, 2.45) is 5.73 Å². The third-order valence-electron chi connectivity index (χ3n) is 3.96. The van der Waals surface area contributed by atoms with Gasteiger partial charge in [0.2, 0.25) is 0 Å². The van der Waals surface area contributed by atoms with Crippen LogP contribution in [0.3, 0.4) is 0 Å². The maximum absolute atomic E-state index is 6.33. The molecule has 1 fully saturated rings. The first-order valence-corrected chi connectivity index (χ1v) is 7.56. The summed E-state index contributed by atoms with van der Waals surface area (Å²) in [5.41, 5.74) is 7.76. The smallest absolute Gasteiger partial charge is 0.135 e. The zero-order chi connectivity index (χ0) is 14.8. The number of pyridine rings is 1. The summed E-state index contributed by atoms with van der Waals surface area (Å²) in [7, 11) is 0. The molecule has 0 radical (unpaired) electrons. The van der Waals surface area contributed by atoms with Crippen molar-refractivity contribution in [3.63, 3.8) is 0 Å². The third-order valence-corrected chi connectivity index (χ3v) is 3.96. The topological polar surface area (TPSA) is 57.4 Å². The van der Waals surface area contributed by atoms with E-state index in [0.29, 0.717) is 6.54 Å². The standard InChI is InChI=1S/C17H22N2O2/c1-11-7-14(8-12(2)20-11)21-17-13(9-18)10-19-16-6-4-3-5-15(16)17/h3-6,10-12,14H,7-9,18H2,1-2H3. The van der Waals surface area contributed by atoms with Gasteiger partial charge in [0.15, 0.2) is 0 Å². The van der Waals surface area contributed by atoms with E-state index in [1.807, 2.05) is 30.5 Å². The van der Waals surface area contributed by atoms with Crippen LogP contribution in [0.15, 0.2) is 30.5 Å². The Labute approximate surface area is 125 Å². The number of benzene rings is 1. The molecule has 2 unspecified atom stereocenters. The molecule has 0 aliphatic carbocycles. The minimum Gasteiger partial charge on any atom is -0.489 e. The van der Waals surface area contributed by atoms with Gasteiger partial charge in [0, 0.05) is 36.5 Å². The van der Waals surface area contributed by atoms with Gasteiger partial charge in [-0.3, -0.25) is 4.98 Å². The fraction of sp³-hybridized carbons (Fsp3) is 0.471. The summed E-state index contributed by atoms with van der Waals surface area (Å²) in [4.78, 5) is 4.45. The highest BCUT2D eigenvalue weighted by molar-refractivity contribution is 5.86. The molecule has 0 amide bonds. The zero-order valence-electron chi connectivity index (χ0n) is 12.6. The van der Waals surface area contributed by atoms with Crippen LogP contribution in [-0.2, 0) is 11.3 Å². The predicted octanol–water partition coefficient (Wildman–Crippen LogP) is 3.03. The molecule has 0 spiro atoms. The van der Waals surface area contributed by atoms with Gasteiger partial charge in [0.05, 0.1) is 17.7 Å². The molecule has 2 heterocycles. The minimum absolute atomic E-state index is 0.167. The molecule has 2 aromatic rings. The summed E-state index contributed by atoms with van der Waals surface area (Å²) in [5, 5.41) is 1.03. The van der Waals surface area contributed by atoms with E-state index >= 15 is 0 Å². The predicted molar refractivity (Wildman–Crippen MR) is 83.3 cm³/mol. The van der Waals surface area contributed by atoms with Crippen LogP contribution in [0.2, 0.25) is 0 Å². The van der Waals surface area contributed by atoms with E-state index < -0.39 is 0 Å². The fourth-order valence-corrected chi connectivity index (χ4v) is 3.05. The Morgan fingerprint density at radius 1 is 1.24 bits per heavy atom. The summed E-state index contributed by atoms with van der Waals surface area (Å²) in [5.74, 6) is 0.884. The summed E-state index contributed by atoms with van der Waals surface area (Å²) in [6, 6.07) is 8.03. The molecule has 4 heteroatoms. The number of hydrogen-bond acceptors (Lipinski definition) is 4. The zero-order valence-corrected chi connectivity index (χ0v) is 12.6. The van der Waals surface area contributed by atoms with Crippen molar-refractivity contribution in [2.45, 2.75) is 51.5 Å². The molecule has 1 aromatic carbocycles. The van der Waals surface area contributed by atoms with Gasteiger partial charge in [-0.1, -0.05) is 12.1 Å². The van der Waals surface area contributed by atoms with Crippen molar-refractivity contribution in [1.29, 1.82) is 0 Å². The summed E-state index contributed by atoms with van der Waals surface area (Å²) >= 11 is 0. The minimum atomic E-state index is 0.167. The van der Waals surface area contributed by atoms with Crippen LogP contribution in [0.25, 0.3) is 10.9 Å². The molecule has 2 N–H and O–H groups in total. The van der Waals surface area contributed by atoms with E-state index in [0.717, 1.165) is 35.1 Å². The average Bonchev–Trinajstić information content (AvgIpc) is 2.46. The first kappa shape index (κ1) is 14.3. The van der Waals surface area contributed by atoms with Crippen molar-refractivity contribution in [2.75, 3.05) is 0 Å². The van der Waals surface area contributed by atoms with Crippen molar-refractivity contribution < 1.29 is 9.47 Å². The molecular weight excluding hydrogens is 264 g/mol. The third kappa shape index (κ3) is 3.01. The van der Waals surface area contributed by atoms with Crippen LogP contribution >= 0.6 is 0 Å². The largest absolute Gasteiger partial charge is 0.489 e. The van der Waals surface area contributed by atoms with Gasteiger partial charge in [0.25, 0.3) is 0 Å². The Bertz CT molecular complexity index is 619. The summed E-state index contributed by atoms with van der Waals surface area (Å²) in [6.45, 7) is 4.63. The van der Waals surface area contributed by atoms with Gasteiger partial charge in [-0.2, -0.15) is 0 Å². The molecule has 3 rings (SSSR count). The lowest BCUT2D eigenvalue weighted by Gasteiger charge is -2.33. The van der Waals surface area contributed by atoms with Crippen LogP contribution in [-0.4, -0.2) is 23.3 Å². The van der Waals surface area contributed by atoms with E-state index in [1.165, 1.54) is 0 Å². The van der Waals surface area contributed by atoms with E-state index in [2.05, 4.69) is 18.8 Å². The van der Waals surface area contributed by atoms with Gasteiger partial charge in [-0.15, -0.1) is 0 Å². The highest BCUT2D eigenvalue weighted by atomic mass is 16.5. The highest BCUT2D eigenvalue weighted by Gasteiger charge is 2.26. The molecule has 1 saturated heterocycles. The molecule has 1 aromatic heterocycles. The normalized spacial score (nSPS) is 26.0. The van der Waals surface area contributed by atoms with Gasteiger partial charge in [-0.25, -0.2) is 0 Å². The Balaban J connectivity index is 1.95. The Morgan fingerprint density at radius 3 is 2.67 bits per heavy atom. The van der Waals surface area contributed by atoms with Crippen molar-refractivity contribution in [3.05, 3.63) is 36.0 Å². The van der Waals surface area contributed by atoms with Gasteiger partial charge >= 0.3 is 0 Å². The second-order valence-electron chi connectivity index (χ2n) is 5.80. The Kier molecular flexibility index (Phi) is 4.08. The van der Waals surface area contributed by atoms with Crippen LogP contribution < -0.4 is 10.5 Å². The number of para-hydroxylation sites is 1. The molecule has 2 atom stereocenters. The number of aromatic nitrogens is 1. The molecule has 112 valence electrons. The molecule has 0 bridgehead atoms. The molecule has 1 aliphatic rings. The lowest BCUT2D eigenvalue weighted by atomic mass is 10.0. The van der Waals surface area contributed by atoms with Crippen molar-refractivity contribution in [3.8, 4) is 5.75 Å². The SMILES string of the molecule is CC1CC(Oc2c(CN)cnc3ccccc23)CC(C)O1.